The summed E-state index contributed by atoms with van der Waals surface area (Å²) in [4.78, 5) is 14.2. The molecule has 0 saturated heterocycles. The van der Waals surface area contributed by atoms with Gasteiger partial charge < -0.3 is 20.3 Å². The number of nitrogens with one attached hydrogen (secondary N) is 2. The molecule has 0 heterocycles. The molecule has 0 spiro atoms. The highest BCUT2D eigenvalue weighted by Gasteiger charge is 2.16. The number of carbonyl (C=O) groups excluding carboxylic acids is 1. The molecule has 0 aliphatic rings. The van der Waals surface area contributed by atoms with Crippen LogP contribution in [0.4, 0.5) is 10.5 Å². The molecule has 5 nitrogen and oxygen atoms in total. The second-order valence-electron chi connectivity index (χ2n) is 5.96. The van der Waals surface area contributed by atoms with Crippen LogP contribution in [-0.2, 0) is 0 Å². The number of hydrogen-bond acceptors (Lipinski definition) is 3. The average molecular weight is 327 g/mol. The number of ether oxygens (including phenoxy) is 1. The molecule has 0 aliphatic carbocycles. The van der Waals surface area contributed by atoms with Crippen LogP contribution < -0.4 is 15.4 Å². The van der Waals surface area contributed by atoms with Crippen LogP contribution in [0.5, 0.6) is 5.75 Å². The number of urea groups is 1. The summed E-state index contributed by atoms with van der Waals surface area (Å²) in [6, 6.07) is 15.5. The number of carbonyl (C=O) groups is 1. The summed E-state index contributed by atoms with van der Waals surface area (Å²) < 4.78 is 5.28. The van der Waals surface area contributed by atoms with Crippen molar-refractivity contribution in [1.82, 2.24) is 10.2 Å². The first-order chi connectivity index (χ1) is 11.5. The van der Waals surface area contributed by atoms with Crippen LogP contribution in [0.3, 0.4) is 0 Å². The van der Waals surface area contributed by atoms with Crippen molar-refractivity contribution in [3.8, 4) is 5.75 Å². The summed E-state index contributed by atoms with van der Waals surface area (Å²) in [5, 5.41) is 5.79. The lowest BCUT2D eigenvalue weighted by Crippen LogP contribution is -2.36. The predicted octanol–water partition coefficient (Wildman–Crippen LogP) is 3.43. The van der Waals surface area contributed by atoms with E-state index in [0.717, 1.165) is 22.6 Å². The number of anilines is 1. The molecule has 0 aliphatic heterocycles. The van der Waals surface area contributed by atoms with Gasteiger partial charge in [-0.2, -0.15) is 0 Å². The third-order valence-electron chi connectivity index (χ3n) is 3.83. The van der Waals surface area contributed by atoms with Gasteiger partial charge in [0, 0.05) is 12.2 Å². The molecule has 2 amide bonds. The maximum atomic E-state index is 12.1. The molecule has 0 radical (unpaired) electrons. The lowest BCUT2D eigenvalue weighted by atomic mass is 10.1. The molecule has 128 valence electrons. The van der Waals surface area contributed by atoms with Crippen LogP contribution in [0.2, 0.25) is 0 Å². The minimum Gasteiger partial charge on any atom is -0.497 e. The van der Waals surface area contributed by atoms with E-state index in [-0.39, 0.29) is 12.1 Å². The normalized spacial score (nSPS) is 11.9. The number of nitrogens with zero attached hydrogens (tertiary/aromatic N) is 1. The smallest absolute Gasteiger partial charge is 0.319 e. The van der Waals surface area contributed by atoms with Crippen molar-refractivity contribution in [2.24, 2.45) is 0 Å². The van der Waals surface area contributed by atoms with Crippen LogP contribution in [0.25, 0.3) is 0 Å². The molecule has 2 aromatic carbocycles. The topological polar surface area (TPSA) is 53.6 Å². The monoisotopic (exact) mass is 327 g/mol. The van der Waals surface area contributed by atoms with Gasteiger partial charge >= 0.3 is 6.03 Å². The first kappa shape index (κ1) is 17.8. The molecule has 24 heavy (non-hydrogen) atoms. The van der Waals surface area contributed by atoms with E-state index in [0.29, 0.717) is 6.54 Å². The number of methoxy groups -OCH3 is 1. The molecule has 0 saturated carbocycles. The summed E-state index contributed by atoms with van der Waals surface area (Å²) >= 11 is 0. The van der Waals surface area contributed by atoms with Gasteiger partial charge in [0.2, 0.25) is 0 Å². The van der Waals surface area contributed by atoms with Gasteiger partial charge in [-0.05, 0) is 56.4 Å². The van der Waals surface area contributed by atoms with Crippen molar-refractivity contribution in [2.45, 2.75) is 13.0 Å². The maximum Gasteiger partial charge on any atom is 0.319 e. The average Bonchev–Trinajstić information content (AvgIpc) is 2.55. The zero-order valence-corrected chi connectivity index (χ0v) is 14.7. The Bertz CT molecular complexity index is 686. The molecular formula is C19H25N3O2. The summed E-state index contributed by atoms with van der Waals surface area (Å²) in [5.41, 5.74) is 2.99. The molecule has 0 aromatic heterocycles. The molecular weight excluding hydrogens is 302 g/mol. The molecule has 0 fully saturated rings. The molecule has 2 aromatic rings. The Morgan fingerprint density at radius 1 is 1.17 bits per heavy atom. The van der Waals surface area contributed by atoms with Gasteiger partial charge in [-0.25, -0.2) is 4.79 Å². The number of hydrogen-bond donors (Lipinski definition) is 2. The van der Waals surface area contributed by atoms with Crippen molar-refractivity contribution in [2.75, 3.05) is 33.1 Å². The third kappa shape index (κ3) is 4.99. The van der Waals surface area contributed by atoms with Gasteiger partial charge in [-0.1, -0.05) is 24.3 Å². The Labute approximate surface area is 143 Å². The van der Waals surface area contributed by atoms with Crippen LogP contribution in [-0.4, -0.2) is 38.7 Å². The largest absolute Gasteiger partial charge is 0.497 e. The Kier molecular flexibility index (Phi) is 6.21. The highest BCUT2D eigenvalue weighted by molar-refractivity contribution is 5.89. The van der Waals surface area contributed by atoms with E-state index in [1.54, 1.807) is 7.11 Å². The van der Waals surface area contributed by atoms with Crippen molar-refractivity contribution < 1.29 is 9.53 Å². The minimum atomic E-state index is -0.213. The lowest BCUT2D eigenvalue weighted by molar-refractivity contribution is 0.243. The van der Waals surface area contributed by atoms with E-state index in [2.05, 4.69) is 15.5 Å². The van der Waals surface area contributed by atoms with Crippen LogP contribution in [0, 0.1) is 6.92 Å². The summed E-state index contributed by atoms with van der Waals surface area (Å²) in [7, 11) is 5.63. The van der Waals surface area contributed by atoms with Gasteiger partial charge in [-0.3, -0.25) is 0 Å². The fourth-order valence-electron chi connectivity index (χ4n) is 2.53. The molecule has 5 heteroatoms. The van der Waals surface area contributed by atoms with Crippen LogP contribution in [0.15, 0.2) is 48.5 Å². The fourth-order valence-corrected chi connectivity index (χ4v) is 2.53. The number of benzene rings is 2. The first-order valence-corrected chi connectivity index (χ1v) is 7.91. The van der Waals surface area contributed by atoms with Gasteiger partial charge in [0.25, 0.3) is 0 Å². The number of aryl methyl sites for hydroxylation is 1. The van der Waals surface area contributed by atoms with Crippen molar-refractivity contribution >= 4 is 11.7 Å². The quantitative estimate of drug-likeness (QED) is 0.855. The first-order valence-electron chi connectivity index (χ1n) is 7.91. The summed E-state index contributed by atoms with van der Waals surface area (Å²) in [6.07, 6.45) is 0. The van der Waals surface area contributed by atoms with Crippen LogP contribution in [0.1, 0.15) is 17.2 Å². The number of amides is 2. The fraction of sp³-hybridized carbons (Fsp3) is 0.316. The summed E-state index contributed by atoms with van der Waals surface area (Å²) in [6.45, 7) is 2.49. The Morgan fingerprint density at radius 2 is 1.92 bits per heavy atom. The maximum absolute atomic E-state index is 12.1. The zero-order valence-electron chi connectivity index (χ0n) is 14.7. The molecule has 2 rings (SSSR count). The molecule has 0 bridgehead atoms. The van der Waals surface area contributed by atoms with E-state index in [1.807, 2.05) is 69.6 Å². The predicted molar refractivity (Wildman–Crippen MR) is 97.6 cm³/mol. The van der Waals surface area contributed by atoms with Gasteiger partial charge in [0.05, 0.1) is 13.2 Å². The van der Waals surface area contributed by atoms with Gasteiger partial charge in [0.15, 0.2) is 0 Å². The lowest BCUT2D eigenvalue weighted by Gasteiger charge is -2.25. The van der Waals surface area contributed by atoms with E-state index in [4.69, 9.17) is 4.74 Å². The van der Waals surface area contributed by atoms with Gasteiger partial charge in [-0.15, -0.1) is 0 Å². The van der Waals surface area contributed by atoms with E-state index < -0.39 is 0 Å². The van der Waals surface area contributed by atoms with E-state index >= 15 is 0 Å². The molecule has 2 N–H and O–H groups in total. The SMILES string of the molecule is COc1cccc(C(CNC(=O)Nc2cccc(C)c2)N(C)C)c1. The van der Waals surface area contributed by atoms with Gasteiger partial charge in [0.1, 0.15) is 5.75 Å². The Morgan fingerprint density at radius 3 is 2.58 bits per heavy atom. The highest BCUT2D eigenvalue weighted by Crippen LogP contribution is 2.22. The van der Waals surface area contributed by atoms with E-state index in [9.17, 15) is 4.79 Å². The Balaban J connectivity index is 1.99. The van der Waals surface area contributed by atoms with Crippen molar-refractivity contribution in [3.05, 3.63) is 59.7 Å². The van der Waals surface area contributed by atoms with Crippen molar-refractivity contribution in [1.29, 1.82) is 0 Å². The zero-order chi connectivity index (χ0) is 17.5. The Hall–Kier alpha value is -2.53. The molecule has 1 unspecified atom stereocenters. The minimum absolute atomic E-state index is 0.0587. The second-order valence-corrected chi connectivity index (χ2v) is 5.96. The van der Waals surface area contributed by atoms with E-state index in [1.165, 1.54) is 0 Å². The van der Waals surface area contributed by atoms with Crippen molar-refractivity contribution in [3.63, 3.8) is 0 Å². The second kappa shape index (κ2) is 8.36. The summed E-state index contributed by atoms with van der Waals surface area (Å²) in [5.74, 6) is 0.809. The third-order valence-corrected chi connectivity index (χ3v) is 3.83. The van der Waals surface area contributed by atoms with Crippen LogP contribution >= 0.6 is 0 Å². The highest BCUT2D eigenvalue weighted by atomic mass is 16.5. The number of rotatable bonds is 6. The standard InChI is InChI=1S/C19H25N3O2/c1-14-7-5-9-16(11-14)21-19(23)20-13-18(22(2)3)15-8-6-10-17(12-15)24-4/h5-12,18H,13H2,1-4H3,(H2,20,21,23). The number of likely N-dealkylation sites (N-methyl/N-ethyl adjacent to an activating group) is 1. The molecule has 1 atom stereocenters.